The summed E-state index contributed by atoms with van der Waals surface area (Å²) in [6.07, 6.45) is 3.15. The van der Waals surface area contributed by atoms with Gasteiger partial charge in [-0.25, -0.2) is 13.2 Å². The molecule has 1 aliphatic carbocycles. The number of esters is 1. The molecule has 0 spiro atoms. The van der Waals surface area contributed by atoms with Crippen molar-refractivity contribution in [3.8, 4) is 5.75 Å². The van der Waals surface area contributed by atoms with Gasteiger partial charge in [-0.1, -0.05) is 6.08 Å². The van der Waals surface area contributed by atoms with Crippen LogP contribution in [0.15, 0.2) is 35.7 Å². The zero-order valence-electron chi connectivity index (χ0n) is 11.7. The number of hydrogen-bond donors (Lipinski definition) is 1. The molecule has 0 bridgehead atoms. The number of benzene rings is 1. The molecule has 0 radical (unpaired) electrons. The highest BCUT2D eigenvalue weighted by molar-refractivity contribution is 7.89. The number of aromatic hydroxyl groups is 1. The van der Waals surface area contributed by atoms with Crippen LogP contribution < -0.4 is 0 Å². The third kappa shape index (κ3) is 3.08. The molecule has 2 rings (SSSR count). The molecule has 1 aliphatic rings. The molecule has 1 N–H and O–H groups in total. The first-order valence-electron chi connectivity index (χ1n) is 6.46. The maximum absolute atomic E-state index is 12.6. The number of ether oxygens (including phenoxy) is 1. The lowest BCUT2D eigenvalue weighted by molar-refractivity contribution is 0.0597. The van der Waals surface area contributed by atoms with Gasteiger partial charge in [-0.2, -0.15) is 4.31 Å². The van der Waals surface area contributed by atoms with Crippen LogP contribution in [0.25, 0.3) is 0 Å². The van der Waals surface area contributed by atoms with Crippen LogP contribution in [0.2, 0.25) is 0 Å². The minimum Gasteiger partial charge on any atom is -0.507 e. The molecular formula is C14H17NO5S. The van der Waals surface area contributed by atoms with Crippen molar-refractivity contribution < 1.29 is 23.1 Å². The fourth-order valence-electron chi connectivity index (χ4n) is 2.02. The zero-order valence-corrected chi connectivity index (χ0v) is 12.5. The Morgan fingerprint density at radius 2 is 2.19 bits per heavy atom. The van der Waals surface area contributed by atoms with E-state index in [0.29, 0.717) is 0 Å². The first-order chi connectivity index (χ1) is 9.91. The Labute approximate surface area is 123 Å². The highest BCUT2D eigenvalue weighted by atomic mass is 32.2. The number of rotatable bonds is 6. The van der Waals surface area contributed by atoms with Crippen molar-refractivity contribution in [2.45, 2.75) is 23.8 Å². The molecule has 0 heterocycles. The molecule has 1 fully saturated rings. The summed E-state index contributed by atoms with van der Waals surface area (Å²) < 4.78 is 31.1. The second-order valence-corrected chi connectivity index (χ2v) is 6.66. The Kier molecular flexibility index (Phi) is 4.34. The molecule has 0 amide bonds. The lowest BCUT2D eigenvalue weighted by Gasteiger charge is -2.20. The molecule has 114 valence electrons. The summed E-state index contributed by atoms with van der Waals surface area (Å²) in [4.78, 5) is 11.5. The number of carbonyl (C=O) groups excluding carboxylic acids is 1. The van der Waals surface area contributed by atoms with E-state index in [-0.39, 0.29) is 28.8 Å². The van der Waals surface area contributed by atoms with E-state index >= 15 is 0 Å². The van der Waals surface area contributed by atoms with Gasteiger partial charge >= 0.3 is 5.97 Å². The summed E-state index contributed by atoms with van der Waals surface area (Å²) in [6.45, 7) is 3.78. The number of phenols is 1. The molecule has 1 saturated carbocycles. The summed E-state index contributed by atoms with van der Waals surface area (Å²) in [5, 5.41) is 9.64. The van der Waals surface area contributed by atoms with Gasteiger partial charge in [0.1, 0.15) is 11.3 Å². The smallest absolute Gasteiger partial charge is 0.341 e. The van der Waals surface area contributed by atoms with Crippen molar-refractivity contribution in [3.63, 3.8) is 0 Å². The monoisotopic (exact) mass is 311 g/mol. The largest absolute Gasteiger partial charge is 0.507 e. The normalized spacial score (nSPS) is 15.0. The average Bonchev–Trinajstić information content (AvgIpc) is 3.28. The van der Waals surface area contributed by atoms with E-state index in [1.165, 1.54) is 22.5 Å². The number of hydrogen-bond acceptors (Lipinski definition) is 5. The molecule has 0 atom stereocenters. The molecule has 0 aromatic heterocycles. The zero-order chi connectivity index (χ0) is 15.6. The van der Waals surface area contributed by atoms with Crippen LogP contribution in [0.5, 0.6) is 5.75 Å². The molecule has 6 nitrogen and oxygen atoms in total. The minimum absolute atomic E-state index is 0.0246. The fourth-order valence-corrected chi connectivity index (χ4v) is 3.70. The molecule has 0 saturated heterocycles. The van der Waals surface area contributed by atoms with E-state index in [2.05, 4.69) is 11.3 Å². The van der Waals surface area contributed by atoms with Gasteiger partial charge in [0, 0.05) is 12.6 Å². The number of sulfonamides is 1. The maximum Gasteiger partial charge on any atom is 0.341 e. The predicted octanol–water partition coefficient (Wildman–Crippen LogP) is 1.52. The van der Waals surface area contributed by atoms with Gasteiger partial charge in [-0.3, -0.25) is 0 Å². The van der Waals surface area contributed by atoms with E-state index < -0.39 is 16.0 Å². The molecule has 1 aromatic carbocycles. The number of carbonyl (C=O) groups is 1. The van der Waals surface area contributed by atoms with E-state index in [4.69, 9.17) is 0 Å². The quantitative estimate of drug-likeness (QED) is 0.636. The molecule has 0 aliphatic heterocycles. The summed E-state index contributed by atoms with van der Waals surface area (Å²) in [5.74, 6) is -1.10. The van der Waals surface area contributed by atoms with Gasteiger partial charge in [0.2, 0.25) is 10.0 Å². The Balaban J connectivity index is 2.44. The Morgan fingerprint density at radius 3 is 2.71 bits per heavy atom. The second kappa shape index (κ2) is 5.87. The Morgan fingerprint density at radius 1 is 1.52 bits per heavy atom. The van der Waals surface area contributed by atoms with Crippen LogP contribution in [0, 0.1) is 0 Å². The van der Waals surface area contributed by atoms with Gasteiger partial charge in [-0.15, -0.1) is 6.58 Å². The molecule has 7 heteroatoms. The van der Waals surface area contributed by atoms with Crippen molar-refractivity contribution in [1.82, 2.24) is 4.31 Å². The maximum atomic E-state index is 12.6. The van der Waals surface area contributed by atoms with Gasteiger partial charge < -0.3 is 9.84 Å². The van der Waals surface area contributed by atoms with Crippen molar-refractivity contribution in [1.29, 1.82) is 0 Å². The third-order valence-electron chi connectivity index (χ3n) is 3.24. The second-order valence-electron chi connectivity index (χ2n) is 4.77. The molecule has 21 heavy (non-hydrogen) atoms. The van der Waals surface area contributed by atoms with E-state index in [0.717, 1.165) is 26.0 Å². The van der Waals surface area contributed by atoms with E-state index in [1.54, 1.807) is 0 Å². The summed E-state index contributed by atoms with van der Waals surface area (Å²) >= 11 is 0. The minimum atomic E-state index is -3.74. The summed E-state index contributed by atoms with van der Waals surface area (Å²) in [6, 6.07) is 3.56. The van der Waals surface area contributed by atoms with Crippen molar-refractivity contribution in [2.24, 2.45) is 0 Å². The van der Waals surface area contributed by atoms with Crippen LogP contribution in [0.4, 0.5) is 0 Å². The van der Waals surface area contributed by atoms with Gasteiger partial charge in [0.05, 0.1) is 12.0 Å². The lowest BCUT2D eigenvalue weighted by atomic mass is 10.2. The van der Waals surface area contributed by atoms with Gasteiger partial charge in [0.25, 0.3) is 0 Å². The van der Waals surface area contributed by atoms with Crippen LogP contribution >= 0.6 is 0 Å². The van der Waals surface area contributed by atoms with Crippen molar-refractivity contribution >= 4 is 16.0 Å². The van der Waals surface area contributed by atoms with E-state index in [1.807, 2.05) is 0 Å². The predicted molar refractivity (Wildman–Crippen MR) is 76.6 cm³/mol. The van der Waals surface area contributed by atoms with Crippen LogP contribution in [-0.2, 0) is 14.8 Å². The summed E-state index contributed by atoms with van der Waals surface area (Å²) in [5.41, 5.74) is -0.173. The van der Waals surface area contributed by atoms with Crippen LogP contribution in [0.1, 0.15) is 23.2 Å². The molecular weight excluding hydrogens is 294 g/mol. The van der Waals surface area contributed by atoms with E-state index in [9.17, 15) is 18.3 Å². The third-order valence-corrected chi connectivity index (χ3v) is 5.16. The Bertz CT molecular complexity index is 664. The fraction of sp³-hybridized carbons (Fsp3) is 0.357. The topological polar surface area (TPSA) is 83.9 Å². The first kappa shape index (κ1) is 15.5. The van der Waals surface area contributed by atoms with Crippen LogP contribution in [0.3, 0.4) is 0 Å². The Hall–Kier alpha value is -1.86. The summed E-state index contributed by atoms with van der Waals surface area (Å²) in [7, 11) is -2.57. The number of phenolic OH excluding ortho intramolecular Hbond substituents is 1. The molecule has 0 unspecified atom stereocenters. The first-order valence-corrected chi connectivity index (χ1v) is 7.90. The average molecular weight is 311 g/mol. The van der Waals surface area contributed by atoms with Crippen LogP contribution in [-0.4, -0.2) is 43.5 Å². The van der Waals surface area contributed by atoms with Crippen molar-refractivity contribution in [3.05, 3.63) is 36.4 Å². The highest BCUT2D eigenvalue weighted by Gasteiger charge is 2.37. The molecule has 1 aromatic rings. The number of methoxy groups -OCH3 is 1. The van der Waals surface area contributed by atoms with Gasteiger partial charge in [-0.05, 0) is 31.0 Å². The standard InChI is InChI=1S/C14H17NO5S/c1-3-8-15(10-4-5-10)21(18,19)11-6-7-13(16)12(9-11)14(17)20-2/h3,6-7,9-10,16H,1,4-5,8H2,2H3. The van der Waals surface area contributed by atoms with Crippen molar-refractivity contribution in [2.75, 3.05) is 13.7 Å². The number of nitrogens with zero attached hydrogens (tertiary/aromatic N) is 1. The SMILES string of the molecule is C=CCN(C1CC1)S(=O)(=O)c1ccc(O)c(C(=O)OC)c1. The van der Waals surface area contributed by atoms with Gasteiger partial charge in [0.15, 0.2) is 0 Å². The highest BCUT2D eigenvalue weighted by Crippen LogP contribution is 2.33. The lowest BCUT2D eigenvalue weighted by Crippen LogP contribution is -2.33.